The first kappa shape index (κ1) is 26.6. The molecule has 2 atom stereocenters. The van der Waals surface area contributed by atoms with E-state index < -0.39 is 12.2 Å². The Hall–Kier alpha value is -2.68. The Labute approximate surface area is 195 Å². The molecule has 180 valence electrons. The lowest BCUT2D eigenvalue weighted by Crippen LogP contribution is -2.35. The number of carbonyl (C=O) groups is 1. The molecule has 4 rings (SSSR count). The van der Waals surface area contributed by atoms with Crippen molar-refractivity contribution in [1.29, 1.82) is 0 Å². The molecule has 6 nitrogen and oxygen atoms in total. The number of carbonyl (C=O) groups excluding carboxylic acids is 1. The zero-order valence-corrected chi connectivity index (χ0v) is 19.5. The van der Waals surface area contributed by atoms with Crippen LogP contribution in [0.25, 0.3) is 0 Å². The molecule has 1 fully saturated rings. The lowest BCUT2D eigenvalue weighted by Gasteiger charge is -2.19. The molecule has 0 bridgehead atoms. The van der Waals surface area contributed by atoms with Crippen LogP contribution < -0.4 is 10.8 Å². The summed E-state index contributed by atoms with van der Waals surface area (Å²) in [4.78, 5) is 21.4. The summed E-state index contributed by atoms with van der Waals surface area (Å²) in [5.74, 6) is -2.81. The van der Waals surface area contributed by atoms with Crippen LogP contribution in [-0.4, -0.2) is 61.9 Å². The Morgan fingerprint density at radius 2 is 1.70 bits per heavy atom. The van der Waals surface area contributed by atoms with Gasteiger partial charge in [-0.2, -0.15) is 0 Å². The molecule has 0 spiro atoms. The van der Waals surface area contributed by atoms with Gasteiger partial charge in [-0.05, 0) is 39.9 Å². The van der Waals surface area contributed by atoms with E-state index in [-0.39, 0.29) is 5.84 Å². The van der Waals surface area contributed by atoms with E-state index >= 15 is 0 Å². The first-order valence-electron chi connectivity index (χ1n) is 11.2. The predicted molar refractivity (Wildman–Crippen MR) is 128 cm³/mol. The molecule has 0 radical (unpaired) electrons. The van der Waals surface area contributed by atoms with E-state index in [9.17, 15) is 13.6 Å². The molecule has 2 aromatic rings. The largest absolute Gasteiger partial charge is 0.316 e. The number of hydroxylamine groups is 1. The zero-order valence-electron chi connectivity index (χ0n) is 19.5. The number of hydrogen-bond acceptors (Lipinski definition) is 6. The second kappa shape index (κ2) is 13.8. The van der Waals surface area contributed by atoms with E-state index in [0.717, 1.165) is 6.92 Å². The third-order valence-corrected chi connectivity index (χ3v) is 5.16. The van der Waals surface area contributed by atoms with Crippen LogP contribution in [0.4, 0.5) is 8.78 Å². The van der Waals surface area contributed by atoms with E-state index in [2.05, 4.69) is 32.5 Å². The summed E-state index contributed by atoms with van der Waals surface area (Å²) >= 11 is 0. The van der Waals surface area contributed by atoms with Crippen molar-refractivity contribution in [2.24, 2.45) is 4.99 Å². The fourth-order valence-corrected chi connectivity index (χ4v) is 3.18. The van der Waals surface area contributed by atoms with Crippen LogP contribution in [0.5, 0.6) is 0 Å². The van der Waals surface area contributed by atoms with Gasteiger partial charge in [0.1, 0.15) is 6.29 Å². The first-order chi connectivity index (χ1) is 15.8. The van der Waals surface area contributed by atoms with Crippen molar-refractivity contribution < 1.29 is 18.4 Å². The number of nitrogens with one attached hydrogen (secondary N) is 2. The van der Waals surface area contributed by atoms with Crippen LogP contribution in [0.1, 0.15) is 42.6 Å². The standard InChI is InChI=1S/C11H10F2N2O2.C8H18N2.C6H6/c1-11(12,13)10-14-9(15-17-10)8-4-2-7(6-16)3-5-8;1-8(9-2)7-10-5-3-4-6-10;1-2-4-6-5-3-1/h2-6,10H,1H3,(H,14,15);8-9H,3-7H2,1-2H3;1-6H. The minimum atomic E-state index is -3.04. The van der Waals surface area contributed by atoms with Gasteiger partial charge in [0.05, 0.1) is 0 Å². The number of amidine groups is 1. The average molecular weight is 461 g/mol. The smallest absolute Gasteiger partial charge is 0.293 e. The van der Waals surface area contributed by atoms with Gasteiger partial charge < -0.3 is 10.2 Å². The summed E-state index contributed by atoms with van der Waals surface area (Å²) in [7, 11) is 2.03. The highest BCUT2D eigenvalue weighted by atomic mass is 19.3. The van der Waals surface area contributed by atoms with Gasteiger partial charge in [0.15, 0.2) is 5.84 Å². The zero-order chi connectivity index (χ0) is 24.1. The minimum Gasteiger partial charge on any atom is -0.316 e. The maximum atomic E-state index is 12.9. The number of alkyl halides is 2. The van der Waals surface area contributed by atoms with Crippen molar-refractivity contribution in [2.75, 3.05) is 26.7 Å². The lowest BCUT2D eigenvalue weighted by molar-refractivity contribution is -0.127. The van der Waals surface area contributed by atoms with Gasteiger partial charge in [-0.1, -0.05) is 60.7 Å². The number of hydrogen-bond donors (Lipinski definition) is 2. The van der Waals surface area contributed by atoms with Crippen LogP contribution in [0.15, 0.2) is 65.7 Å². The Kier molecular flexibility index (Phi) is 11.1. The van der Waals surface area contributed by atoms with Gasteiger partial charge in [-0.15, -0.1) is 0 Å². The van der Waals surface area contributed by atoms with Gasteiger partial charge in [0.25, 0.3) is 5.92 Å². The summed E-state index contributed by atoms with van der Waals surface area (Å²) in [5, 5.41) is 3.25. The number of nitrogens with zero attached hydrogens (tertiary/aromatic N) is 2. The van der Waals surface area contributed by atoms with Crippen LogP contribution in [-0.2, 0) is 4.84 Å². The summed E-state index contributed by atoms with van der Waals surface area (Å²) in [6.07, 6.45) is 1.98. The number of likely N-dealkylation sites (tertiary alicyclic amines) is 1. The summed E-state index contributed by atoms with van der Waals surface area (Å²) in [5.41, 5.74) is 3.44. The highest BCUT2D eigenvalue weighted by Gasteiger charge is 2.39. The summed E-state index contributed by atoms with van der Waals surface area (Å²) < 4.78 is 25.8. The molecular formula is C25H34F2N4O2. The van der Waals surface area contributed by atoms with E-state index in [1.807, 2.05) is 43.4 Å². The average Bonchev–Trinajstić information content (AvgIpc) is 3.53. The van der Waals surface area contributed by atoms with Gasteiger partial charge in [0.2, 0.25) is 6.23 Å². The maximum absolute atomic E-state index is 12.9. The predicted octanol–water partition coefficient (Wildman–Crippen LogP) is 4.14. The monoisotopic (exact) mass is 460 g/mol. The molecule has 2 aromatic carbocycles. The van der Waals surface area contributed by atoms with Crippen molar-refractivity contribution in [2.45, 2.75) is 44.9 Å². The molecule has 2 unspecified atom stereocenters. The second-order valence-electron chi connectivity index (χ2n) is 8.10. The number of aldehydes is 1. The fraction of sp³-hybridized carbons (Fsp3) is 0.440. The molecule has 0 amide bonds. The molecule has 1 saturated heterocycles. The quantitative estimate of drug-likeness (QED) is 0.635. The summed E-state index contributed by atoms with van der Waals surface area (Å²) in [6, 6.07) is 19.0. The molecule has 2 aliphatic rings. The topological polar surface area (TPSA) is 66.0 Å². The molecule has 2 N–H and O–H groups in total. The molecule has 33 heavy (non-hydrogen) atoms. The van der Waals surface area contributed by atoms with Crippen LogP contribution in [0, 0.1) is 0 Å². The molecule has 0 aliphatic carbocycles. The number of likely N-dealkylation sites (N-methyl/N-ethyl adjacent to an activating group) is 1. The van der Waals surface area contributed by atoms with Crippen molar-refractivity contribution in [3.63, 3.8) is 0 Å². The number of halogens is 2. The lowest BCUT2D eigenvalue weighted by atomic mass is 10.1. The normalized spacial score (nSPS) is 18.7. The molecule has 0 aromatic heterocycles. The fourth-order valence-electron chi connectivity index (χ4n) is 3.18. The van der Waals surface area contributed by atoms with Crippen molar-refractivity contribution in [3.05, 3.63) is 71.8 Å². The maximum Gasteiger partial charge on any atom is 0.293 e. The van der Waals surface area contributed by atoms with Gasteiger partial charge in [-0.25, -0.2) is 24.1 Å². The third-order valence-electron chi connectivity index (χ3n) is 5.16. The van der Waals surface area contributed by atoms with E-state index in [1.54, 1.807) is 24.3 Å². The highest BCUT2D eigenvalue weighted by molar-refractivity contribution is 5.99. The van der Waals surface area contributed by atoms with Crippen molar-refractivity contribution in [3.8, 4) is 0 Å². The molecule has 0 saturated carbocycles. The molecule has 8 heteroatoms. The van der Waals surface area contributed by atoms with Gasteiger partial charge in [0, 0.05) is 30.6 Å². The minimum absolute atomic E-state index is 0.231. The van der Waals surface area contributed by atoms with Crippen molar-refractivity contribution >= 4 is 12.1 Å². The molecule has 2 heterocycles. The Balaban J connectivity index is 0.000000202. The van der Waals surface area contributed by atoms with E-state index in [0.29, 0.717) is 23.5 Å². The molecular weight excluding hydrogens is 426 g/mol. The second-order valence-corrected chi connectivity index (χ2v) is 8.10. The molecule has 2 aliphatic heterocycles. The van der Waals surface area contributed by atoms with Gasteiger partial charge in [-0.3, -0.25) is 4.79 Å². The third kappa shape index (κ3) is 9.77. The van der Waals surface area contributed by atoms with Crippen LogP contribution in [0.2, 0.25) is 0 Å². The summed E-state index contributed by atoms with van der Waals surface area (Å²) in [6.45, 7) is 6.81. The number of aliphatic imine (C=N–C) groups is 1. The van der Waals surface area contributed by atoms with E-state index in [4.69, 9.17) is 0 Å². The van der Waals surface area contributed by atoms with E-state index in [1.165, 1.54) is 32.5 Å². The van der Waals surface area contributed by atoms with Crippen LogP contribution in [0.3, 0.4) is 0 Å². The SMILES string of the molecule is CC(F)(F)C1N=C(c2ccc(C=O)cc2)NO1.CNC(C)CN1CCCC1.c1ccccc1. The highest BCUT2D eigenvalue weighted by Crippen LogP contribution is 2.24. The van der Waals surface area contributed by atoms with Crippen LogP contribution >= 0.6 is 0 Å². The number of benzene rings is 2. The Morgan fingerprint density at radius 1 is 1.15 bits per heavy atom. The Morgan fingerprint density at radius 3 is 2.12 bits per heavy atom. The number of rotatable bonds is 6. The first-order valence-corrected chi connectivity index (χ1v) is 11.2. The van der Waals surface area contributed by atoms with Crippen molar-refractivity contribution in [1.82, 2.24) is 15.7 Å². The van der Waals surface area contributed by atoms with Gasteiger partial charge >= 0.3 is 0 Å². The Bertz CT molecular complexity index is 809.